The molecule has 0 saturated carbocycles. The molecule has 0 radical (unpaired) electrons. The summed E-state index contributed by atoms with van der Waals surface area (Å²) >= 11 is 0. The minimum absolute atomic E-state index is 0.0281. The molecule has 2 rings (SSSR count). The highest BCUT2D eigenvalue weighted by Crippen LogP contribution is 2.29. The minimum Gasteiger partial charge on any atom is -0.508 e. The first kappa shape index (κ1) is 19.2. The lowest BCUT2D eigenvalue weighted by Gasteiger charge is -2.01. The summed E-state index contributed by atoms with van der Waals surface area (Å²) in [5, 5.41) is 35.8. The zero-order valence-corrected chi connectivity index (χ0v) is 13.1. The van der Waals surface area contributed by atoms with Crippen LogP contribution in [0.4, 0.5) is 0 Å². The van der Waals surface area contributed by atoms with Crippen LogP contribution in [0.15, 0.2) is 36.4 Å². The Labute approximate surface area is 129 Å². The fraction of sp³-hybridized carbons (Fsp3) is 0.250. The maximum atomic E-state index is 9.00. The molecule has 0 spiro atoms. The maximum absolute atomic E-state index is 9.00. The highest BCUT2D eigenvalue weighted by atomic mass is 16.5. The molecule has 0 amide bonds. The van der Waals surface area contributed by atoms with Gasteiger partial charge < -0.3 is 29.9 Å². The van der Waals surface area contributed by atoms with E-state index >= 15 is 0 Å². The van der Waals surface area contributed by atoms with Crippen LogP contribution >= 0.6 is 0 Å². The second-order valence-corrected chi connectivity index (χ2v) is 3.71. The van der Waals surface area contributed by atoms with Crippen LogP contribution in [0.2, 0.25) is 0 Å². The summed E-state index contributed by atoms with van der Waals surface area (Å²) in [7, 11) is 2.85. The Kier molecular flexibility index (Phi) is 8.78. The molecule has 22 heavy (non-hydrogen) atoms. The van der Waals surface area contributed by atoms with E-state index in [0.717, 1.165) is 0 Å². The van der Waals surface area contributed by atoms with Crippen LogP contribution < -0.4 is 9.47 Å². The maximum Gasteiger partial charge on any atom is 0.164 e. The van der Waals surface area contributed by atoms with Crippen LogP contribution in [-0.2, 0) is 0 Å². The standard InChI is InChI=1S/2C7H8O3.C2H6/c2*1-10-7-4-5(8)2-3-6(7)9;1-2/h2*2-4,8-9H,1H3;1-2H3. The van der Waals surface area contributed by atoms with Crippen molar-refractivity contribution < 1.29 is 29.9 Å². The summed E-state index contributed by atoms with van der Waals surface area (Å²) in [4.78, 5) is 0. The lowest BCUT2D eigenvalue weighted by Crippen LogP contribution is -1.81. The van der Waals surface area contributed by atoms with Gasteiger partial charge in [-0.1, -0.05) is 13.8 Å². The van der Waals surface area contributed by atoms with Crippen LogP contribution in [0, 0.1) is 0 Å². The van der Waals surface area contributed by atoms with E-state index < -0.39 is 0 Å². The summed E-state index contributed by atoms with van der Waals surface area (Å²) in [6.45, 7) is 4.00. The van der Waals surface area contributed by atoms with E-state index in [1.165, 1.54) is 50.6 Å². The van der Waals surface area contributed by atoms with E-state index in [2.05, 4.69) is 0 Å². The molecule has 0 unspecified atom stereocenters. The van der Waals surface area contributed by atoms with Crippen LogP contribution in [0.25, 0.3) is 0 Å². The summed E-state index contributed by atoms with van der Waals surface area (Å²) in [6, 6.07) is 8.20. The van der Waals surface area contributed by atoms with Crippen molar-refractivity contribution in [2.75, 3.05) is 14.2 Å². The first-order chi connectivity index (χ1) is 10.5. The molecule has 0 aliphatic heterocycles. The van der Waals surface area contributed by atoms with Crippen molar-refractivity contribution in [3.8, 4) is 34.5 Å². The fourth-order valence-corrected chi connectivity index (χ4v) is 1.33. The molecule has 0 aliphatic rings. The number of hydrogen-bond donors (Lipinski definition) is 4. The van der Waals surface area contributed by atoms with Crippen molar-refractivity contribution in [2.24, 2.45) is 0 Å². The second kappa shape index (κ2) is 10.0. The van der Waals surface area contributed by atoms with Gasteiger partial charge in [0.25, 0.3) is 0 Å². The molecule has 0 fully saturated rings. The topological polar surface area (TPSA) is 99.4 Å². The van der Waals surface area contributed by atoms with Crippen LogP contribution in [0.1, 0.15) is 13.8 Å². The Morgan fingerprint density at radius 2 is 0.955 bits per heavy atom. The van der Waals surface area contributed by atoms with Crippen LogP contribution in [0.5, 0.6) is 34.5 Å². The van der Waals surface area contributed by atoms with Gasteiger partial charge in [0.15, 0.2) is 23.0 Å². The van der Waals surface area contributed by atoms with Crippen molar-refractivity contribution in [3.63, 3.8) is 0 Å². The van der Waals surface area contributed by atoms with Gasteiger partial charge in [-0.3, -0.25) is 0 Å². The zero-order chi connectivity index (χ0) is 17.1. The third kappa shape index (κ3) is 6.13. The predicted octanol–water partition coefficient (Wildman–Crippen LogP) is 3.24. The molecular formula is C16H22O6. The van der Waals surface area contributed by atoms with Gasteiger partial charge in [-0.25, -0.2) is 0 Å². The molecule has 0 aliphatic carbocycles. The van der Waals surface area contributed by atoms with Gasteiger partial charge in [-0.2, -0.15) is 0 Å². The van der Waals surface area contributed by atoms with Gasteiger partial charge in [0.05, 0.1) is 14.2 Å². The van der Waals surface area contributed by atoms with Gasteiger partial charge in [-0.15, -0.1) is 0 Å². The first-order valence-electron chi connectivity index (χ1n) is 6.60. The number of methoxy groups -OCH3 is 2. The molecule has 2 aromatic carbocycles. The summed E-state index contributed by atoms with van der Waals surface area (Å²) in [5.74, 6) is 0.768. The number of hydrogen-bond acceptors (Lipinski definition) is 6. The van der Waals surface area contributed by atoms with E-state index in [-0.39, 0.29) is 34.5 Å². The first-order valence-corrected chi connectivity index (χ1v) is 6.60. The largest absolute Gasteiger partial charge is 0.508 e. The summed E-state index contributed by atoms with van der Waals surface area (Å²) in [5.41, 5.74) is 0. The van der Waals surface area contributed by atoms with Gasteiger partial charge in [0.2, 0.25) is 0 Å². The SMILES string of the molecule is CC.COc1cc(O)ccc1O.COc1cc(O)ccc1O. The molecule has 6 heteroatoms. The second-order valence-electron chi connectivity index (χ2n) is 3.71. The number of phenols is 4. The zero-order valence-electron chi connectivity index (χ0n) is 13.1. The van der Waals surface area contributed by atoms with Gasteiger partial charge in [0.1, 0.15) is 11.5 Å². The van der Waals surface area contributed by atoms with E-state index in [9.17, 15) is 0 Å². The Morgan fingerprint density at radius 1 is 0.636 bits per heavy atom. The highest BCUT2D eigenvalue weighted by molar-refractivity contribution is 5.44. The quantitative estimate of drug-likeness (QED) is 0.636. The molecule has 4 N–H and O–H groups in total. The predicted molar refractivity (Wildman–Crippen MR) is 84.0 cm³/mol. The average Bonchev–Trinajstić information content (AvgIpc) is 2.54. The molecular weight excluding hydrogens is 288 g/mol. The van der Waals surface area contributed by atoms with E-state index in [1.54, 1.807) is 0 Å². The van der Waals surface area contributed by atoms with Crippen LogP contribution in [0.3, 0.4) is 0 Å². The highest BCUT2D eigenvalue weighted by Gasteiger charge is 2.00. The number of benzene rings is 2. The molecule has 0 heterocycles. The average molecular weight is 310 g/mol. The van der Waals surface area contributed by atoms with Gasteiger partial charge in [0, 0.05) is 12.1 Å². The van der Waals surface area contributed by atoms with Crippen molar-refractivity contribution in [1.29, 1.82) is 0 Å². The Bertz CT molecular complexity index is 517. The lowest BCUT2D eigenvalue weighted by molar-refractivity contribution is 0.368. The smallest absolute Gasteiger partial charge is 0.164 e. The number of rotatable bonds is 2. The third-order valence-electron chi connectivity index (χ3n) is 2.33. The molecule has 0 bridgehead atoms. The molecule has 0 aromatic heterocycles. The van der Waals surface area contributed by atoms with E-state index in [4.69, 9.17) is 29.9 Å². The number of ether oxygens (including phenoxy) is 2. The lowest BCUT2D eigenvalue weighted by atomic mass is 10.3. The van der Waals surface area contributed by atoms with E-state index in [0.29, 0.717) is 0 Å². The Balaban J connectivity index is 0.000000360. The summed E-state index contributed by atoms with van der Waals surface area (Å²) in [6.07, 6.45) is 0. The van der Waals surface area contributed by atoms with E-state index in [1.807, 2.05) is 13.8 Å². The van der Waals surface area contributed by atoms with Crippen molar-refractivity contribution in [1.82, 2.24) is 0 Å². The van der Waals surface area contributed by atoms with Crippen molar-refractivity contribution in [2.45, 2.75) is 13.8 Å². The Hall–Kier alpha value is -2.76. The molecule has 6 nitrogen and oxygen atoms in total. The molecule has 2 aromatic rings. The summed E-state index contributed by atoms with van der Waals surface area (Å²) < 4.78 is 9.43. The third-order valence-corrected chi connectivity index (χ3v) is 2.33. The Morgan fingerprint density at radius 3 is 1.18 bits per heavy atom. The van der Waals surface area contributed by atoms with Crippen molar-refractivity contribution >= 4 is 0 Å². The van der Waals surface area contributed by atoms with Crippen LogP contribution in [-0.4, -0.2) is 34.6 Å². The molecule has 122 valence electrons. The molecule has 0 saturated heterocycles. The molecule has 0 atom stereocenters. The van der Waals surface area contributed by atoms with Crippen molar-refractivity contribution in [3.05, 3.63) is 36.4 Å². The number of aromatic hydroxyl groups is 4. The van der Waals surface area contributed by atoms with Gasteiger partial charge in [-0.05, 0) is 24.3 Å². The fourth-order valence-electron chi connectivity index (χ4n) is 1.33. The number of phenolic OH excluding ortho intramolecular Hbond substituents is 4. The monoisotopic (exact) mass is 310 g/mol. The minimum atomic E-state index is 0.0281. The van der Waals surface area contributed by atoms with Gasteiger partial charge >= 0.3 is 0 Å². The normalized spacial score (nSPS) is 8.73.